The summed E-state index contributed by atoms with van der Waals surface area (Å²) >= 11 is 0. The Balaban J connectivity index is 2.40. The lowest BCUT2D eigenvalue weighted by molar-refractivity contribution is 0.525. The molecule has 4 nitrogen and oxygen atoms in total. The Morgan fingerprint density at radius 3 is 2.81 bits per heavy atom. The number of hydrogen-bond acceptors (Lipinski definition) is 4. The second-order valence-electron chi connectivity index (χ2n) is 3.82. The van der Waals surface area contributed by atoms with E-state index in [1.54, 1.807) is 12.5 Å². The molecule has 0 fully saturated rings. The fourth-order valence-electron chi connectivity index (χ4n) is 1.76. The van der Waals surface area contributed by atoms with Gasteiger partial charge in [-0.1, -0.05) is 0 Å². The minimum atomic E-state index is -0.0776. The zero-order valence-corrected chi connectivity index (χ0v) is 9.40. The first-order valence-electron chi connectivity index (χ1n) is 5.14. The number of aromatic nitrogens is 1. The SMILES string of the molecule is Cc1cc(C(NN)c2cnccc2C)co1. The van der Waals surface area contributed by atoms with E-state index in [0.29, 0.717) is 0 Å². The molecule has 0 saturated heterocycles. The molecule has 0 aliphatic heterocycles. The van der Waals surface area contributed by atoms with Crippen LogP contribution in [0.4, 0.5) is 0 Å². The third kappa shape index (κ3) is 1.98. The molecule has 1 unspecified atom stereocenters. The van der Waals surface area contributed by atoms with Gasteiger partial charge in [-0.15, -0.1) is 0 Å². The Hall–Kier alpha value is -1.65. The van der Waals surface area contributed by atoms with Crippen LogP contribution in [-0.2, 0) is 0 Å². The number of nitrogens with one attached hydrogen (secondary N) is 1. The van der Waals surface area contributed by atoms with Crippen LogP contribution in [-0.4, -0.2) is 4.98 Å². The maximum absolute atomic E-state index is 5.60. The predicted molar refractivity (Wildman–Crippen MR) is 61.6 cm³/mol. The quantitative estimate of drug-likeness (QED) is 0.608. The maximum Gasteiger partial charge on any atom is 0.101 e. The zero-order chi connectivity index (χ0) is 11.5. The van der Waals surface area contributed by atoms with E-state index in [9.17, 15) is 0 Å². The summed E-state index contributed by atoms with van der Waals surface area (Å²) in [7, 11) is 0. The van der Waals surface area contributed by atoms with Gasteiger partial charge < -0.3 is 4.42 Å². The first-order valence-corrected chi connectivity index (χ1v) is 5.14. The molecule has 2 heterocycles. The van der Waals surface area contributed by atoms with Gasteiger partial charge in [-0.3, -0.25) is 10.8 Å². The van der Waals surface area contributed by atoms with Gasteiger partial charge in [0.05, 0.1) is 12.3 Å². The molecule has 2 aromatic rings. The minimum absolute atomic E-state index is 0.0776. The van der Waals surface area contributed by atoms with Crippen molar-refractivity contribution in [2.75, 3.05) is 0 Å². The highest BCUT2D eigenvalue weighted by Gasteiger charge is 2.16. The molecule has 0 radical (unpaired) electrons. The van der Waals surface area contributed by atoms with Crippen LogP contribution in [0.1, 0.15) is 28.5 Å². The fourth-order valence-corrected chi connectivity index (χ4v) is 1.76. The molecule has 16 heavy (non-hydrogen) atoms. The van der Waals surface area contributed by atoms with Crippen LogP contribution in [0, 0.1) is 13.8 Å². The number of hydrazine groups is 1. The van der Waals surface area contributed by atoms with Crippen molar-refractivity contribution in [2.45, 2.75) is 19.9 Å². The zero-order valence-electron chi connectivity index (χ0n) is 9.40. The standard InChI is InChI=1S/C12H15N3O/c1-8-3-4-14-6-11(8)12(15-13)10-5-9(2)16-7-10/h3-7,12,15H,13H2,1-2H3. The molecule has 2 rings (SSSR count). The van der Waals surface area contributed by atoms with Crippen LogP contribution in [0.3, 0.4) is 0 Å². The van der Waals surface area contributed by atoms with Crippen molar-refractivity contribution in [3.05, 3.63) is 53.2 Å². The topological polar surface area (TPSA) is 64.1 Å². The van der Waals surface area contributed by atoms with Gasteiger partial charge in [0, 0.05) is 18.0 Å². The summed E-state index contributed by atoms with van der Waals surface area (Å²) in [4.78, 5) is 4.12. The van der Waals surface area contributed by atoms with Gasteiger partial charge in [-0.2, -0.15) is 0 Å². The van der Waals surface area contributed by atoms with E-state index < -0.39 is 0 Å². The van der Waals surface area contributed by atoms with Crippen molar-refractivity contribution in [3.8, 4) is 0 Å². The molecule has 2 aromatic heterocycles. The molecule has 0 amide bonds. The van der Waals surface area contributed by atoms with E-state index in [-0.39, 0.29) is 6.04 Å². The number of hydrogen-bond donors (Lipinski definition) is 2. The van der Waals surface area contributed by atoms with Crippen LogP contribution < -0.4 is 11.3 Å². The third-order valence-electron chi connectivity index (χ3n) is 2.64. The summed E-state index contributed by atoms with van der Waals surface area (Å²) in [6, 6.07) is 3.86. The Morgan fingerprint density at radius 1 is 1.44 bits per heavy atom. The monoisotopic (exact) mass is 217 g/mol. The molecule has 3 N–H and O–H groups in total. The van der Waals surface area contributed by atoms with Crippen LogP contribution in [0.25, 0.3) is 0 Å². The van der Waals surface area contributed by atoms with Gasteiger partial charge in [-0.05, 0) is 37.1 Å². The number of nitrogens with two attached hydrogens (primary N) is 1. The molecular weight excluding hydrogens is 202 g/mol. The minimum Gasteiger partial charge on any atom is -0.469 e. The molecule has 0 spiro atoms. The van der Waals surface area contributed by atoms with Gasteiger partial charge in [0.2, 0.25) is 0 Å². The Kier molecular flexibility index (Phi) is 3.03. The van der Waals surface area contributed by atoms with E-state index in [4.69, 9.17) is 10.3 Å². The lowest BCUT2D eigenvalue weighted by atomic mass is 9.99. The Morgan fingerprint density at radius 2 is 2.25 bits per heavy atom. The average molecular weight is 217 g/mol. The number of nitrogens with zero attached hydrogens (tertiary/aromatic N) is 1. The first-order chi connectivity index (χ1) is 7.72. The van der Waals surface area contributed by atoms with Crippen LogP contribution in [0.2, 0.25) is 0 Å². The molecule has 0 aromatic carbocycles. The van der Waals surface area contributed by atoms with E-state index in [0.717, 1.165) is 22.5 Å². The summed E-state index contributed by atoms with van der Waals surface area (Å²) < 4.78 is 5.29. The summed E-state index contributed by atoms with van der Waals surface area (Å²) in [5.74, 6) is 6.47. The van der Waals surface area contributed by atoms with Crippen molar-refractivity contribution >= 4 is 0 Å². The molecule has 1 atom stereocenters. The van der Waals surface area contributed by atoms with Gasteiger partial charge >= 0.3 is 0 Å². The van der Waals surface area contributed by atoms with Crippen molar-refractivity contribution in [1.82, 2.24) is 10.4 Å². The van der Waals surface area contributed by atoms with Gasteiger partial charge in [0.15, 0.2) is 0 Å². The Bertz CT molecular complexity index is 479. The second kappa shape index (κ2) is 4.47. The van der Waals surface area contributed by atoms with Crippen molar-refractivity contribution in [3.63, 3.8) is 0 Å². The van der Waals surface area contributed by atoms with E-state index in [2.05, 4.69) is 10.4 Å². The largest absolute Gasteiger partial charge is 0.469 e. The highest BCUT2D eigenvalue weighted by molar-refractivity contribution is 5.33. The van der Waals surface area contributed by atoms with Gasteiger partial charge in [-0.25, -0.2) is 5.43 Å². The predicted octanol–water partition coefficient (Wildman–Crippen LogP) is 1.84. The molecule has 0 bridgehead atoms. The third-order valence-corrected chi connectivity index (χ3v) is 2.64. The van der Waals surface area contributed by atoms with E-state index >= 15 is 0 Å². The molecule has 0 aliphatic carbocycles. The van der Waals surface area contributed by atoms with Crippen LogP contribution in [0.15, 0.2) is 35.2 Å². The summed E-state index contributed by atoms with van der Waals surface area (Å²) in [5, 5.41) is 0. The van der Waals surface area contributed by atoms with Crippen molar-refractivity contribution in [1.29, 1.82) is 0 Å². The van der Waals surface area contributed by atoms with Crippen LogP contribution >= 0.6 is 0 Å². The lowest BCUT2D eigenvalue weighted by Gasteiger charge is -2.16. The average Bonchev–Trinajstić information content (AvgIpc) is 2.69. The first kappa shape index (κ1) is 10.9. The van der Waals surface area contributed by atoms with E-state index in [1.165, 1.54) is 0 Å². The smallest absolute Gasteiger partial charge is 0.101 e. The highest BCUT2D eigenvalue weighted by Crippen LogP contribution is 2.24. The molecular formula is C12H15N3O. The van der Waals surface area contributed by atoms with E-state index in [1.807, 2.05) is 32.2 Å². The number of furan rings is 1. The number of rotatable bonds is 3. The van der Waals surface area contributed by atoms with Crippen molar-refractivity contribution in [2.24, 2.45) is 5.84 Å². The summed E-state index contributed by atoms with van der Waals surface area (Å²) in [6.07, 6.45) is 5.31. The summed E-state index contributed by atoms with van der Waals surface area (Å²) in [6.45, 7) is 3.95. The Labute approximate surface area is 94.5 Å². The van der Waals surface area contributed by atoms with Crippen LogP contribution in [0.5, 0.6) is 0 Å². The second-order valence-corrected chi connectivity index (χ2v) is 3.82. The molecule has 0 saturated carbocycles. The highest BCUT2D eigenvalue weighted by atomic mass is 16.3. The van der Waals surface area contributed by atoms with Gasteiger partial charge in [0.1, 0.15) is 5.76 Å². The number of aryl methyl sites for hydroxylation is 2. The normalized spacial score (nSPS) is 12.7. The van der Waals surface area contributed by atoms with Gasteiger partial charge in [0.25, 0.3) is 0 Å². The fraction of sp³-hybridized carbons (Fsp3) is 0.250. The number of pyridine rings is 1. The molecule has 0 aliphatic rings. The molecule has 84 valence electrons. The van der Waals surface area contributed by atoms with Crippen molar-refractivity contribution < 1.29 is 4.42 Å². The summed E-state index contributed by atoms with van der Waals surface area (Å²) in [5.41, 5.74) is 6.01. The molecule has 4 heteroatoms. The maximum atomic E-state index is 5.60. The lowest BCUT2D eigenvalue weighted by Crippen LogP contribution is -2.29.